The Morgan fingerprint density at radius 3 is 2.42 bits per heavy atom. The van der Waals surface area contributed by atoms with Gasteiger partial charge in [-0.1, -0.05) is 0 Å². The summed E-state index contributed by atoms with van der Waals surface area (Å²) in [5, 5.41) is 3.41. The van der Waals surface area contributed by atoms with Gasteiger partial charge in [-0.25, -0.2) is 18.7 Å². The molecule has 0 aliphatic carbocycles. The van der Waals surface area contributed by atoms with Gasteiger partial charge in [-0.3, -0.25) is 4.90 Å². The Morgan fingerprint density at radius 1 is 1.00 bits per heavy atom. The van der Waals surface area contributed by atoms with E-state index in [4.69, 9.17) is 9.97 Å². The lowest BCUT2D eigenvalue weighted by Crippen LogP contribution is -2.44. The molecule has 2 aliphatic heterocycles. The van der Waals surface area contributed by atoms with Crippen LogP contribution < -0.4 is 10.2 Å². The molecule has 2 saturated heterocycles. The molecular weight excluding hydrogens is 422 g/mol. The molecule has 2 aromatic rings. The Hall–Kier alpha value is -2.32. The molecule has 2 aliphatic rings. The van der Waals surface area contributed by atoms with Crippen LogP contribution in [-0.4, -0.2) is 85.1 Å². The van der Waals surface area contributed by atoms with Crippen molar-refractivity contribution >= 4 is 11.5 Å². The number of hydrogen-bond donors (Lipinski definition) is 1. The van der Waals surface area contributed by atoms with Crippen LogP contribution in [0.25, 0.3) is 11.4 Å². The van der Waals surface area contributed by atoms with Gasteiger partial charge in [-0.15, -0.1) is 0 Å². The number of benzene rings is 1. The highest BCUT2D eigenvalue weighted by Crippen LogP contribution is 2.27. The largest absolute Gasteiger partial charge is 0.370 e. The molecule has 0 spiro atoms. The Balaban J connectivity index is 1.36. The van der Waals surface area contributed by atoms with E-state index >= 15 is 0 Å². The fourth-order valence-corrected chi connectivity index (χ4v) is 4.56. The number of likely N-dealkylation sites (N-methyl/N-ethyl adjacent to an activating group) is 1. The highest BCUT2D eigenvalue weighted by atomic mass is 19.3. The number of hydrogen-bond acceptors (Lipinski definition) is 6. The fourth-order valence-electron chi connectivity index (χ4n) is 4.56. The van der Waals surface area contributed by atoms with Crippen molar-refractivity contribution in [3.63, 3.8) is 0 Å². The number of aromatic nitrogens is 2. The van der Waals surface area contributed by atoms with E-state index in [1.165, 1.54) is 5.69 Å². The van der Waals surface area contributed by atoms with Crippen LogP contribution in [0.15, 0.2) is 24.3 Å². The molecule has 1 N–H and O–H groups in total. The van der Waals surface area contributed by atoms with Gasteiger partial charge in [0.05, 0.1) is 6.54 Å². The molecule has 6 nitrogen and oxygen atoms in total. The van der Waals surface area contributed by atoms with Crippen molar-refractivity contribution in [2.75, 3.05) is 69.6 Å². The number of rotatable bonds is 7. The summed E-state index contributed by atoms with van der Waals surface area (Å²) in [5.74, 6) is -1.01. The predicted octanol–water partition coefficient (Wildman–Crippen LogP) is 4.05. The van der Waals surface area contributed by atoms with Crippen molar-refractivity contribution < 1.29 is 8.78 Å². The molecule has 0 atom stereocenters. The molecule has 1 aromatic carbocycles. The molecule has 1 aromatic heterocycles. The van der Waals surface area contributed by atoms with E-state index in [2.05, 4.69) is 46.4 Å². The second-order valence-electron chi connectivity index (χ2n) is 9.46. The van der Waals surface area contributed by atoms with Crippen molar-refractivity contribution in [3.05, 3.63) is 35.5 Å². The summed E-state index contributed by atoms with van der Waals surface area (Å²) >= 11 is 0. The number of halogens is 2. The Labute approximate surface area is 196 Å². The number of piperazine rings is 1. The Morgan fingerprint density at radius 2 is 1.73 bits per heavy atom. The van der Waals surface area contributed by atoms with Gasteiger partial charge in [-0.05, 0) is 64.5 Å². The first kappa shape index (κ1) is 23.8. The number of nitrogens with one attached hydrogen (secondary N) is 1. The van der Waals surface area contributed by atoms with Gasteiger partial charge in [0.2, 0.25) is 0 Å². The minimum absolute atomic E-state index is 0.0142. The lowest BCUT2D eigenvalue weighted by molar-refractivity contribution is -0.0638. The molecule has 4 rings (SSSR count). The maximum Gasteiger partial charge on any atom is 0.260 e. The average Bonchev–Trinajstić information content (AvgIpc) is 2.79. The maximum atomic E-state index is 13.6. The number of aryl methyl sites for hydroxylation is 1. The first-order chi connectivity index (χ1) is 15.8. The van der Waals surface area contributed by atoms with Crippen molar-refractivity contribution in [2.24, 2.45) is 0 Å². The van der Waals surface area contributed by atoms with Crippen LogP contribution in [0.5, 0.6) is 0 Å². The summed E-state index contributed by atoms with van der Waals surface area (Å²) in [6.07, 6.45) is 1.38. The van der Waals surface area contributed by atoms with E-state index in [0.29, 0.717) is 25.3 Å². The zero-order valence-electron chi connectivity index (χ0n) is 20.1. The van der Waals surface area contributed by atoms with Crippen LogP contribution in [0.3, 0.4) is 0 Å². The molecule has 0 radical (unpaired) electrons. The third-order valence-electron chi connectivity index (χ3n) is 6.80. The molecule has 33 heavy (non-hydrogen) atoms. The molecule has 8 heteroatoms. The highest BCUT2D eigenvalue weighted by molar-refractivity contribution is 5.63. The van der Waals surface area contributed by atoms with Crippen LogP contribution in [0.1, 0.15) is 30.5 Å². The smallest absolute Gasteiger partial charge is 0.260 e. The van der Waals surface area contributed by atoms with Gasteiger partial charge in [0.1, 0.15) is 5.82 Å². The van der Waals surface area contributed by atoms with E-state index in [-0.39, 0.29) is 13.0 Å². The minimum Gasteiger partial charge on any atom is -0.370 e. The third kappa shape index (κ3) is 6.18. The second kappa shape index (κ2) is 10.3. The number of likely N-dealkylation sites (tertiary alicyclic amines) is 1. The summed E-state index contributed by atoms with van der Waals surface area (Å²) in [7, 11) is 2.16. The summed E-state index contributed by atoms with van der Waals surface area (Å²) in [5.41, 5.74) is 4.20. The van der Waals surface area contributed by atoms with Gasteiger partial charge < -0.3 is 15.1 Å². The van der Waals surface area contributed by atoms with Crippen LogP contribution in [-0.2, 0) is 0 Å². The zero-order chi connectivity index (χ0) is 23.4. The predicted molar refractivity (Wildman–Crippen MR) is 130 cm³/mol. The summed E-state index contributed by atoms with van der Waals surface area (Å²) in [4.78, 5) is 16.1. The van der Waals surface area contributed by atoms with Gasteiger partial charge >= 0.3 is 0 Å². The number of alkyl halides is 2. The molecule has 180 valence electrons. The quantitative estimate of drug-likeness (QED) is 0.632. The first-order valence-corrected chi connectivity index (χ1v) is 12.0. The van der Waals surface area contributed by atoms with E-state index in [1.807, 2.05) is 18.7 Å². The lowest BCUT2D eigenvalue weighted by atomic mass is 10.1. The molecule has 0 amide bonds. The molecular formula is C25H36F2N6. The third-order valence-corrected chi connectivity index (χ3v) is 6.80. The Kier molecular flexibility index (Phi) is 7.44. The lowest BCUT2D eigenvalue weighted by Gasteiger charge is -2.34. The maximum absolute atomic E-state index is 13.6. The van der Waals surface area contributed by atoms with Crippen molar-refractivity contribution in [1.82, 2.24) is 19.8 Å². The van der Waals surface area contributed by atoms with Gasteiger partial charge in [-0.2, -0.15) is 0 Å². The molecule has 0 unspecified atom stereocenters. The first-order valence-electron chi connectivity index (χ1n) is 12.0. The fraction of sp³-hybridized carbons (Fsp3) is 0.600. The summed E-state index contributed by atoms with van der Waals surface area (Å²) < 4.78 is 27.2. The molecule has 0 bridgehead atoms. The van der Waals surface area contributed by atoms with Gasteiger partial charge in [0, 0.05) is 68.2 Å². The van der Waals surface area contributed by atoms with E-state index < -0.39 is 5.92 Å². The van der Waals surface area contributed by atoms with Gasteiger partial charge in [0.25, 0.3) is 5.92 Å². The number of anilines is 2. The minimum atomic E-state index is -2.54. The molecule has 3 heterocycles. The second-order valence-corrected chi connectivity index (χ2v) is 9.46. The molecule has 0 saturated carbocycles. The normalized spacial score (nSPS) is 19.6. The van der Waals surface area contributed by atoms with E-state index in [1.54, 1.807) is 0 Å². The topological polar surface area (TPSA) is 47.5 Å². The number of piperidine rings is 1. The van der Waals surface area contributed by atoms with Crippen LogP contribution in [0.2, 0.25) is 0 Å². The van der Waals surface area contributed by atoms with E-state index in [9.17, 15) is 8.78 Å². The van der Waals surface area contributed by atoms with Gasteiger partial charge in [0.15, 0.2) is 5.82 Å². The number of nitrogens with zero attached hydrogens (tertiary/aromatic N) is 5. The van der Waals surface area contributed by atoms with Crippen LogP contribution >= 0.6 is 0 Å². The zero-order valence-corrected chi connectivity index (χ0v) is 20.1. The summed E-state index contributed by atoms with van der Waals surface area (Å²) in [6, 6.07) is 8.50. The average molecular weight is 459 g/mol. The van der Waals surface area contributed by atoms with Crippen LogP contribution in [0.4, 0.5) is 20.3 Å². The SMILES string of the molecule is Cc1nc(-c2ccc(N3CCN(C)CC3)cc2)nc(NCCCN2CCCC(F)(F)C2)c1C. The van der Waals surface area contributed by atoms with Crippen LogP contribution in [0, 0.1) is 13.8 Å². The van der Waals surface area contributed by atoms with Crippen molar-refractivity contribution in [1.29, 1.82) is 0 Å². The van der Waals surface area contributed by atoms with Crippen molar-refractivity contribution in [3.8, 4) is 11.4 Å². The monoisotopic (exact) mass is 458 g/mol. The standard InChI is InChI=1S/C25H36F2N6/c1-19-20(2)29-24(21-6-8-22(9-7-21)33-16-14-31(3)15-17-33)30-23(19)28-11-5-13-32-12-4-10-25(26,27)18-32/h6-9H,4-5,10-18H2,1-3H3,(H,28,29,30). The molecule has 2 fully saturated rings. The van der Waals surface area contributed by atoms with Crippen molar-refractivity contribution in [2.45, 2.75) is 39.0 Å². The highest BCUT2D eigenvalue weighted by Gasteiger charge is 2.34. The summed E-state index contributed by atoms with van der Waals surface area (Å²) in [6.45, 7) is 10.3. The van der Waals surface area contributed by atoms with E-state index in [0.717, 1.165) is 61.8 Å². The Bertz CT molecular complexity index is 925.